The number of nitrogens with zero attached hydrogens (tertiary/aromatic N) is 1. The molecule has 5 nitrogen and oxygen atoms in total. The molecular weight excluding hydrogens is 526 g/mol. The van der Waals surface area contributed by atoms with Crippen LogP contribution in [0.5, 0.6) is 11.5 Å². The van der Waals surface area contributed by atoms with Crippen LogP contribution < -0.4 is 14.8 Å². The number of carbonyl (C=O) groups excluding carboxylic acids is 1. The van der Waals surface area contributed by atoms with Crippen LogP contribution in [0.2, 0.25) is 0 Å². The van der Waals surface area contributed by atoms with Crippen LogP contribution in [0.3, 0.4) is 0 Å². The third-order valence-corrected chi connectivity index (χ3v) is 6.52. The molecule has 3 aromatic rings. The molecule has 11 heteroatoms. The SMILES string of the molecule is O=C(NCC(Cc1ccccc1)(c1cccc(OC(F)(F)F)c1)c1cccc(OC(F)(F)F)c1)N1CCCC1. The molecule has 1 N–H and O–H groups in total. The number of benzene rings is 3. The maximum absolute atomic E-state index is 13.1. The number of likely N-dealkylation sites (tertiary alicyclic amines) is 1. The summed E-state index contributed by atoms with van der Waals surface area (Å²) in [5, 5.41) is 2.88. The summed E-state index contributed by atoms with van der Waals surface area (Å²) in [5.41, 5.74) is 0.0577. The van der Waals surface area contributed by atoms with Gasteiger partial charge in [0.1, 0.15) is 11.5 Å². The molecule has 0 spiro atoms. The fraction of sp³-hybridized carbons (Fsp3) is 0.321. The van der Waals surface area contributed by atoms with E-state index in [2.05, 4.69) is 14.8 Å². The lowest BCUT2D eigenvalue weighted by molar-refractivity contribution is -0.275. The Morgan fingerprint density at radius 3 is 1.74 bits per heavy atom. The van der Waals surface area contributed by atoms with Crippen molar-refractivity contribution in [2.75, 3.05) is 19.6 Å². The van der Waals surface area contributed by atoms with Crippen LogP contribution in [0.15, 0.2) is 78.9 Å². The van der Waals surface area contributed by atoms with E-state index in [0.29, 0.717) is 24.2 Å². The second kappa shape index (κ2) is 11.5. The summed E-state index contributed by atoms with van der Waals surface area (Å²) >= 11 is 0. The molecule has 0 bridgehead atoms. The molecule has 1 aliphatic heterocycles. The van der Waals surface area contributed by atoms with E-state index in [1.165, 1.54) is 24.3 Å². The van der Waals surface area contributed by atoms with Crippen LogP contribution in [-0.2, 0) is 11.8 Å². The van der Waals surface area contributed by atoms with Crippen molar-refractivity contribution < 1.29 is 40.6 Å². The van der Waals surface area contributed by atoms with E-state index in [-0.39, 0.29) is 19.0 Å². The van der Waals surface area contributed by atoms with E-state index in [4.69, 9.17) is 0 Å². The Labute approximate surface area is 221 Å². The minimum Gasteiger partial charge on any atom is -0.406 e. The van der Waals surface area contributed by atoms with Crippen LogP contribution in [0, 0.1) is 0 Å². The highest BCUT2D eigenvalue weighted by atomic mass is 19.4. The van der Waals surface area contributed by atoms with Gasteiger partial charge in [0.25, 0.3) is 0 Å². The number of hydrogen-bond donors (Lipinski definition) is 1. The van der Waals surface area contributed by atoms with Crippen molar-refractivity contribution in [2.45, 2.75) is 37.4 Å². The topological polar surface area (TPSA) is 50.8 Å². The summed E-state index contributed by atoms with van der Waals surface area (Å²) in [6, 6.07) is 19.1. The summed E-state index contributed by atoms with van der Waals surface area (Å²) in [7, 11) is 0. The van der Waals surface area contributed by atoms with Gasteiger partial charge >= 0.3 is 18.8 Å². The van der Waals surface area contributed by atoms with Gasteiger partial charge in [-0.1, -0.05) is 54.6 Å². The molecule has 0 atom stereocenters. The van der Waals surface area contributed by atoms with Gasteiger partial charge in [-0.2, -0.15) is 0 Å². The van der Waals surface area contributed by atoms with Gasteiger partial charge < -0.3 is 19.7 Å². The lowest BCUT2D eigenvalue weighted by Gasteiger charge is -2.37. The first-order valence-electron chi connectivity index (χ1n) is 12.2. The maximum Gasteiger partial charge on any atom is 0.573 e. The first-order valence-corrected chi connectivity index (χ1v) is 12.2. The number of nitrogens with one attached hydrogen (secondary N) is 1. The molecule has 0 aromatic heterocycles. The predicted octanol–water partition coefficient (Wildman–Crippen LogP) is 6.82. The standard InChI is InChI=1S/C28H26F6N2O3/c29-27(30,31)38-23-12-6-10-21(16-23)26(18-20-8-2-1-3-9-20,19-35-25(37)36-14-4-5-15-36)22-11-7-13-24(17-22)39-28(32,33)34/h1-3,6-13,16-17H,4-5,14-15,18-19H2,(H,35,37). The van der Waals surface area contributed by atoms with Crippen molar-refractivity contribution >= 4 is 6.03 Å². The van der Waals surface area contributed by atoms with E-state index in [1.807, 2.05) is 0 Å². The summed E-state index contributed by atoms with van der Waals surface area (Å²) in [4.78, 5) is 14.6. The average molecular weight is 553 g/mol. The lowest BCUT2D eigenvalue weighted by atomic mass is 9.70. The second-order valence-corrected chi connectivity index (χ2v) is 9.25. The summed E-state index contributed by atoms with van der Waals surface area (Å²) in [5.74, 6) is -0.989. The van der Waals surface area contributed by atoms with Gasteiger partial charge in [-0.15, -0.1) is 26.3 Å². The predicted molar refractivity (Wildman–Crippen MR) is 131 cm³/mol. The number of hydrogen-bond acceptors (Lipinski definition) is 3. The minimum atomic E-state index is -4.95. The zero-order valence-corrected chi connectivity index (χ0v) is 20.7. The van der Waals surface area contributed by atoms with Gasteiger partial charge in [-0.25, -0.2) is 4.79 Å². The molecular formula is C28H26F6N2O3. The van der Waals surface area contributed by atoms with Crippen molar-refractivity contribution in [1.29, 1.82) is 0 Å². The molecule has 1 saturated heterocycles. The van der Waals surface area contributed by atoms with Crippen molar-refractivity contribution in [3.05, 3.63) is 95.6 Å². The molecule has 1 fully saturated rings. The smallest absolute Gasteiger partial charge is 0.406 e. The Bertz CT molecular complexity index is 1200. The molecule has 1 aliphatic rings. The monoisotopic (exact) mass is 552 g/mol. The molecule has 1 heterocycles. The first kappa shape index (κ1) is 28.1. The number of carbonyl (C=O) groups is 1. The number of rotatable bonds is 8. The van der Waals surface area contributed by atoms with Crippen molar-refractivity contribution in [2.24, 2.45) is 0 Å². The van der Waals surface area contributed by atoms with E-state index in [0.717, 1.165) is 30.5 Å². The Morgan fingerprint density at radius 2 is 1.26 bits per heavy atom. The number of ether oxygens (including phenoxy) is 2. The van der Waals surface area contributed by atoms with E-state index in [1.54, 1.807) is 47.4 Å². The molecule has 2 amide bonds. The molecule has 0 radical (unpaired) electrons. The molecule has 0 aliphatic carbocycles. The Balaban J connectivity index is 1.85. The van der Waals surface area contributed by atoms with Gasteiger partial charge in [-0.3, -0.25) is 0 Å². The van der Waals surface area contributed by atoms with Crippen LogP contribution >= 0.6 is 0 Å². The highest BCUT2D eigenvalue weighted by molar-refractivity contribution is 5.74. The Hall–Kier alpha value is -3.89. The van der Waals surface area contributed by atoms with E-state index < -0.39 is 29.6 Å². The third-order valence-electron chi connectivity index (χ3n) is 6.52. The summed E-state index contributed by atoms with van der Waals surface area (Å²) < 4.78 is 86.7. The van der Waals surface area contributed by atoms with Gasteiger partial charge in [-0.05, 0) is 60.2 Å². The fourth-order valence-corrected chi connectivity index (χ4v) is 4.82. The maximum atomic E-state index is 13.1. The van der Waals surface area contributed by atoms with Gasteiger partial charge in [0.05, 0.1) is 0 Å². The van der Waals surface area contributed by atoms with Crippen LogP contribution in [0.25, 0.3) is 0 Å². The molecule has 4 rings (SSSR count). The lowest BCUT2D eigenvalue weighted by Crippen LogP contribution is -2.47. The van der Waals surface area contributed by atoms with E-state index >= 15 is 0 Å². The number of halogens is 6. The van der Waals surface area contributed by atoms with Gasteiger partial charge in [0.15, 0.2) is 0 Å². The third kappa shape index (κ3) is 7.58. The summed E-state index contributed by atoms with van der Waals surface area (Å²) in [6.45, 7) is 0.991. The Morgan fingerprint density at radius 1 is 0.744 bits per heavy atom. The van der Waals surface area contributed by atoms with Gasteiger partial charge in [0.2, 0.25) is 0 Å². The van der Waals surface area contributed by atoms with Crippen molar-refractivity contribution in [3.8, 4) is 11.5 Å². The van der Waals surface area contributed by atoms with Crippen LogP contribution in [0.4, 0.5) is 31.1 Å². The highest BCUT2D eigenvalue weighted by Crippen LogP contribution is 2.40. The molecule has 3 aromatic carbocycles. The quantitative estimate of drug-likeness (QED) is 0.312. The molecule has 39 heavy (non-hydrogen) atoms. The first-order chi connectivity index (χ1) is 18.4. The van der Waals surface area contributed by atoms with Crippen LogP contribution in [-0.4, -0.2) is 43.3 Å². The highest BCUT2D eigenvalue weighted by Gasteiger charge is 2.39. The molecule has 0 unspecified atom stereocenters. The second-order valence-electron chi connectivity index (χ2n) is 9.25. The Kier molecular flexibility index (Phi) is 8.27. The molecule has 208 valence electrons. The molecule has 0 saturated carbocycles. The fourth-order valence-electron chi connectivity index (χ4n) is 4.82. The summed E-state index contributed by atoms with van der Waals surface area (Å²) in [6.07, 6.45) is -8.08. The van der Waals surface area contributed by atoms with Gasteiger partial charge in [0, 0.05) is 25.0 Å². The average Bonchev–Trinajstić information content (AvgIpc) is 3.41. The number of alkyl halides is 6. The minimum absolute atomic E-state index is 0.123. The van der Waals surface area contributed by atoms with E-state index in [9.17, 15) is 31.1 Å². The zero-order chi connectivity index (χ0) is 28.1. The van der Waals surface area contributed by atoms with Crippen LogP contribution in [0.1, 0.15) is 29.5 Å². The van der Waals surface area contributed by atoms with Crippen molar-refractivity contribution in [1.82, 2.24) is 10.2 Å². The largest absolute Gasteiger partial charge is 0.573 e. The number of amides is 2. The normalized spacial score (nSPS) is 14.3. The zero-order valence-electron chi connectivity index (χ0n) is 20.7. The van der Waals surface area contributed by atoms with Crippen molar-refractivity contribution in [3.63, 3.8) is 0 Å². The number of urea groups is 1.